The predicted molar refractivity (Wildman–Crippen MR) is 282 cm³/mol. The number of methoxy groups -OCH3 is 2. The summed E-state index contributed by atoms with van der Waals surface area (Å²) in [6.45, 7) is 23.4. The molecular weight excluding hydrogens is 1000 g/mol. The fourth-order valence-corrected chi connectivity index (χ4v) is 12.5. The van der Waals surface area contributed by atoms with E-state index in [1.54, 1.807) is 41.5 Å². The van der Waals surface area contributed by atoms with E-state index in [1.165, 1.54) is 21.1 Å². The molecule has 0 spiro atoms. The number of carbonyl (C=O) groups is 3. The smallest absolute Gasteiger partial charge is 0.342 e. The summed E-state index contributed by atoms with van der Waals surface area (Å²) in [4.78, 5) is 45.3. The van der Waals surface area contributed by atoms with E-state index >= 15 is 0 Å². The third-order valence-corrected chi connectivity index (χ3v) is 17.3. The van der Waals surface area contributed by atoms with Gasteiger partial charge in [0.15, 0.2) is 12.6 Å². The Balaban J connectivity index is 1.33. The number of benzene rings is 1. The average Bonchev–Trinajstić information content (AvgIpc) is 3.81. The molecule has 77 heavy (non-hydrogen) atoms. The van der Waals surface area contributed by atoms with Crippen LogP contribution in [0.15, 0.2) is 11.6 Å². The maximum atomic E-state index is 14.7. The first-order chi connectivity index (χ1) is 36.1. The van der Waals surface area contributed by atoms with Gasteiger partial charge in [-0.1, -0.05) is 32.4 Å². The number of morpholine rings is 1. The molecule has 5 heterocycles. The first-order valence-electron chi connectivity index (χ1n) is 27.7. The molecule has 20 nitrogen and oxygen atoms in total. The number of cyclic esters (lactones) is 2. The van der Waals surface area contributed by atoms with Crippen LogP contribution in [0.25, 0.3) is 0 Å². The number of phenols is 1. The Hall–Kier alpha value is -3.51. The highest BCUT2D eigenvalue weighted by atomic mass is 16.7. The number of esters is 3. The number of nitrogens with zero attached hydrogens (tertiary/aromatic N) is 2. The van der Waals surface area contributed by atoms with Gasteiger partial charge in [0.05, 0.1) is 67.9 Å². The van der Waals surface area contributed by atoms with Crippen LogP contribution in [0.4, 0.5) is 0 Å². The van der Waals surface area contributed by atoms with E-state index in [4.69, 9.17) is 47.4 Å². The molecule has 1 aromatic carbocycles. The number of hydrogen-bond donors (Lipinski definition) is 5. The van der Waals surface area contributed by atoms with Crippen LogP contribution in [0.3, 0.4) is 0 Å². The lowest BCUT2D eigenvalue weighted by atomic mass is 9.77. The average molecular weight is 1090 g/mol. The molecule has 4 fully saturated rings. The van der Waals surface area contributed by atoms with E-state index in [1.807, 2.05) is 52.6 Å². The molecule has 0 aliphatic carbocycles. The Kier molecular flexibility index (Phi) is 21.1. The Bertz CT molecular complexity index is 2220. The molecule has 0 bridgehead atoms. The molecule has 5 N–H and O–H groups in total. The van der Waals surface area contributed by atoms with E-state index in [9.17, 15) is 39.9 Å². The van der Waals surface area contributed by atoms with Crippen molar-refractivity contribution in [2.45, 2.75) is 225 Å². The minimum Gasteiger partial charge on any atom is -0.507 e. The topological polar surface area (TPSA) is 251 Å². The number of rotatable bonds is 14. The quantitative estimate of drug-likeness (QED) is 0.0945. The van der Waals surface area contributed by atoms with Crippen LogP contribution in [0.1, 0.15) is 142 Å². The summed E-state index contributed by atoms with van der Waals surface area (Å²) in [5, 5.41) is 59.2. The van der Waals surface area contributed by atoms with Crippen molar-refractivity contribution in [3.05, 3.63) is 33.9 Å². The van der Waals surface area contributed by atoms with Crippen LogP contribution in [0.2, 0.25) is 0 Å². The van der Waals surface area contributed by atoms with Gasteiger partial charge in [0.25, 0.3) is 0 Å². The summed E-state index contributed by atoms with van der Waals surface area (Å²) in [6, 6.07) is -1.27. The summed E-state index contributed by atoms with van der Waals surface area (Å²) in [6.07, 6.45) is -6.49. The lowest BCUT2D eigenvalue weighted by molar-refractivity contribution is -0.317. The van der Waals surface area contributed by atoms with Crippen LogP contribution >= 0.6 is 0 Å². The van der Waals surface area contributed by atoms with Gasteiger partial charge in [-0.15, -0.1) is 0 Å². The van der Waals surface area contributed by atoms with Gasteiger partial charge in [-0.25, -0.2) is 4.79 Å². The number of ether oxygens (including phenoxy) is 10. The lowest BCUT2D eigenvalue weighted by Gasteiger charge is -2.50. The van der Waals surface area contributed by atoms with Gasteiger partial charge in [-0.3, -0.25) is 14.5 Å². The minimum atomic E-state index is -1.86. The maximum Gasteiger partial charge on any atom is 0.342 e. The SMILES string of the molecule is CC[C@H]1OC(=O)[C@H](C)[C@@H](O[C@H]2C[C@@](C)(OC)[C@@H](O)[C@H](C)O2)[C@H](C)[C@@H](O[C@@H]2O[C@H](C)C[C@@H](OC(=O)CCC(C)=CCc3c(O)c4c(c(C)c3OC)COC4=O)[C@@H]2N2CCOCC2)[C@](C)(O)C[C@@H](C)CN(C)[C@H](C)[C@@H](O)[C@]1(C)O. The van der Waals surface area contributed by atoms with E-state index in [0.717, 1.165) is 11.1 Å². The van der Waals surface area contributed by atoms with Crippen molar-refractivity contribution in [1.29, 1.82) is 0 Å². The van der Waals surface area contributed by atoms with E-state index in [0.29, 0.717) is 62.6 Å². The summed E-state index contributed by atoms with van der Waals surface area (Å²) >= 11 is 0. The molecule has 0 aromatic heterocycles. The predicted octanol–water partition coefficient (Wildman–Crippen LogP) is 4.88. The third-order valence-electron chi connectivity index (χ3n) is 17.3. The molecule has 6 rings (SSSR count). The molecular formula is C57H92N2O18. The number of likely N-dealkylation sites (N-methyl/N-ethyl adjacent to an activating group) is 1. The molecule has 4 saturated heterocycles. The highest BCUT2D eigenvalue weighted by molar-refractivity contribution is 5.98. The van der Waals surface area contributed by atoms with Crippen LogP contribution in [-0.4, -0.2) is 198 Å². The number of hydrogen-bond acceptors (Lipinski definition) is 20. The molecule has 0 unspecified atom stereocenters. The number of aromatic hydroxyl groups is 1. The Morgan fingerprint density at radius 3 is 2.25 bits per heavy atom. The first-order valence-corrected chi connectivity index (χ1v) is 27.7. The first kappa shape index (κ1) is 62.7. The Morgan fingerprint density at radius 1 is 0.935 bits per heavy atom. The van der Waals surface area contributed by atoms with Gasteiger partial charge in [0.1, 0.15) is 53.7 Å². The summed E-state index contributed by atoms with van der Waals surface area (Å²) < 4.78 is 62.4. The van der Waals surface area contributed by atoms with Crippen molar-refractivity contribution in [3.63, 3.8) is 0 Å². The van der Waals surface area contributed by atoms with E-state index in [2.05, 4.69) is 4.90 Å². The zero-order valence-electron chi connectivity index (χ0n) is 48.4. The lowest BCUT2D eigenvalue weighted by Crippen LogP contribution is -2.63. The van der Waals surface area contributed by atoms with Crippen LogP contribution in [0, 0.1) is 24.7 Å². The minimum absolute atomic E-state index is 0.0345. The molecule has 0 saturated carbocycles. The molecule has 20 heteroatoms. The van der Waals surface area contributed by atoms with Gasteiger partial charge >= 0.3 is 17.9 Å². The van der Waals surface area contributed by atoms with Crippen molar-refractivity contribution in [2.24, 2.45) is 17.8 Å². The van der Waals surface area contributed by atoms with Crippen molar-refractivity contribution < 1.29 is 87.3 Å². The number of fused-ring (bicyclic) bond motifs is 1. The van der Waals surface area contributed by atoms with Crippen molar-refractivity contribution in [2.75, 3.05) is 54.1 Å². The summed E-state index contributed by atoms with van der Waals surface area (Å²) in [7, 11) is 4.85. The van der Waals surface area contributed by atoms with Crippen LogP contribution < -0.4 is 4.74 Å². The highest BCUT2D eigenvalue weighted by Gasteiger charge is 2.54. The standard InChI is InChI=1S/C57H92N2O18/c1-16-41-57(12,67)49(62)36(8)58(13)28-31(3)26-55(10,66)51(34(6)47(35(7)52(64)75-41)76-43-27-56(11,69-15)50(63)37(9)73-43)77-54-45(59-21-23-70-24-22-59)40(25-32(4)72-54)74-42(60)20-18-30(2)17-19-38-46(61)44-39(29-71-53(44)65)33(5)48(38)68-14/h17,31-32,34-37,40-41,43,45,47,49-51,54,61-63,66-67H,16,18-29H2,1-15H3/t31-,32-,34+,35-,36-,37+,40-,41-,43+,45+,47+,49-,50+,51-,54+,55-,56-,57-/m1/s1. The van der Waals surface area contributed by atoms with Gasteiger partial charge in [0, 0.05) is 69.1 Å². The second-order valence-corrected chi connectivity index (χ2v) is 23.5. The maximum absolute atomic E-state index is 14.7. The second-order valence-electron chi connectivity index (χ2n) is 23.5. The molecule has 0 radical (unpaired) electrons. The monoisotopic (exact) mass is 1090 g/mol. The molecule has 5 aliphatic rings. The summed E-state index contributed by atoms with van der Waals surface area (Å²) in [5.74, 6) is -3.62. The molecule has 438 valence electrons. The molecule has 1 aromatic rings. The van der Waals surface area contributed by atoms with E-state index in [-0.39, 0.29) is 55.9 Å². The molecule has 5 aliphatic heterocycles. The molecule has 0 amide bonds. The zero-order valence-corrected chi connectivity index (χ0v) is 48.4. The number of allylic oxidation sites excluding steroid dienone is 2. The number of phenolic OH excluding ortho intramolecular Hbond substituents is 1. The van der Waals surface area contributed by atoms with Gasteiger partial charge in [0.2, 0.25) is 0 Å². The molecule has 18 atom stereocenters. The fraction of sp³-hybridized carbons (Fsp3) is 0.807. The van der Waals surface area contributed by atoms with Crippen molar-refractivity contribution in [3.8, 4) is 11.5 Å². The largest absolute Gasteiger partial charge is 0.507 e. The van der Waals surface area contributed by atoms with Crippen molar-refractivity contribution >= 4 is 17.9 Å². The Labute approximate surface area is 455 Å². The third kappa shape index (κ3) is 14.0. The fourth-order valence-electron chi connectivity index (χ4n) is 12.5. The van der Waals surface area contributed by atoms with Crippen LogP contribution in [-0.2, 0) is 65.2 Å². The Morgan fingerprint density at radius 2 is 1.61 bits per heavy atom. The van der Waals surface area contributed by atoms with Crippen LogP contribution in [0.5, 0.6) is 11.5 Å². The summed E-state index contributed by atoms with van der Waals surface area (Å²) in [5.41, 5.74) is -1.85. The van der Waals surface area contributed by atoms with Crippen molar-refractivity contribution in [1.82, 2.24) is 9.80 Å². The van der Waals surface area contributed by atoms with Gasteiger partial charge < -0.3 is 77.8 Å². The number of aliphatic hydroxyl groups excluding tert-OH is 2. The second kappa shape index (κ2) is 25.9. The number of carbonyl (C=O) groups excluding carboxylic acids is 3. The highest BCUT2D eigenvalue weighted by Crippen LogP contribution is 2.44. The zero-order chi connectivity index (χ0) is 57.1. The van der Waals surface area contributed by atoms with Gasteiger partial charge in [-0.05, 0) is 107 Å². The van der Waals surface area contributed by atoms with Gasteiger partial charge in [-0.2, -0.15) is 0 Å². The van der Waals surface area contributed by atoms with E-state index < -0.39 is 120 Å². The normalized spacial score (nSPS) is 39.5. The number of aliphatic hydroxyl groups is 4.